The van der Waals surface area contributed by atoms with E-state index in [0.717, 1.165) is 49.8 Å². The minimum atomic E-state index is -0.0719. The predicted octanol–water partition coefficient (Wildman–Crippen LogP) is 2.81. The van der Waals surface area contributed by atoms with E-state index >= 15 is 0 Å². The first kappa shape index (κ1) is 21.9. The van der Waals surface area contributed by atoms with E-state index in [0.29, 0.717) is 37.2 Å². The summed E-state index contributed by atoms with van der Waals surface area (Å²) in [5.41, 5.74) is 1.12. The molecular formula is C26H32N4O3. The minimum Gasteiger partial charge on any atom is -0.340 e. The van der Waals surface area contributed by atoms with Gasteiger partial charge in [-0.25, -0.2) is 0 Å². The maximum atomic E-state index is 13.5. The van der Waals surface area contributed by atoms with E-state index in [9.17, 15) is 14.4 Å². The summed E-state index contributed by atoms with van der Waals surface area (Å²) in [5, 5.41) is 4.98. The summed E-state index contributed by atoms with van der Waals surface area (Å²) in [5.74, 6) is 0.213. The first-order valence-electron chi connectivity index (χ1n) is 12.1. The van der Waals surface area contributed by atoms with Crippen LogP contribution in [0.1, 0.15) is 36.0 Å². The fraction of sp³-hybridized carbons (Fsp3) is 0.500. The molecule has 0 radical (unpaired) electrons. The van der Waals surface area contributed by atoms with Gasteiger partial charge in [-0.1, -0.05) is 24.3 Å². The average Bonchev–Trinajstić information content (AvgIpc) is 3.69. The molecule has 2 saturated heterocycles. The molecule has 7 nitrogen and oxygen atoms in total. The van der Waals surface area contributed by atoms with Gasteiger partial charge in [-0.15, -0.1) is 0 Å². The van der Waals surface area contributed by atoms with Gasteiger partial charge in [0.25, 0.3) is 5.91 Å². The third kappa shape index (κ3) is 4.74. The Morgan fingerprint density at radius 2 is 1.42 bits per heavy atom. The number of piperidine rings is 1. The molecular weight excluding hydrogens is 416 g/mol. The van der Waals surface area contributed by atoms with Gasteiger partial charge < -0.3 is 20.0 Å². The third-order valence-electron chi connectivity index (χ3n) is 7.27. The van der Waals surface area contributed by atoms with Crippen LogP contribution in [-0.2, 0) is 9.59 Å². The molecule has 174 valence electrons. The number of carbonyl (C=O) groups is 3. The van der Waals surface area contributed by atoms with Gasteiger partial charge in [0.15, 0.2) is 0 Å². The lowest BCUT2D eigenvalue weighted by atomic mass is 9.94. The predicted molar refractivity (Wildman–Crippen MR) is 128 cm³/mol. The minimum absolute atomic E-state index is 0.00388. The lowest BCUT2D eigenvalue weighted by Crippen LogP contribution is -2.51. The largest absolute Gasteiger partial charge is 0.340 e. The summed E-state index contributed by atoms with van der Waals surface area (Å²) < 4.78 is 0. The number of benzene rings is 2. The first-order valence-corrected chi connectivity index (χ1v) is 12.1. The van der Waals surface area contributed by atoms with Gasteiger partial charge in [0.2, 0.25) is 11.8 Å². The highest BCUT2D eigenvalue weighted by molar-refractivity contribution is 6.08. The molecule has 1 saturated carbocycles. The van der Waals surface area contributed by atoms with E-state index in [1.54, 1.807) is 0 Å². The van der Waals surface area contributed by atoms with Crippen LogP contribution in [0.5, 0.6) is 0 Å². The molecule has 7 heteroatoms. The molecule has 0 bridgehead atoms. The zero-order chi connectivity index (χ0) is 22.9. The molecule has 2 heterocycles. The van der Waals surface area contributed by atoms with Crippen molar-refractivity contribution in [3.05, 3.63) is 42.0 Å². The highest BCUT2D eigenvalue weighted by Crippen LogP contribution is 2.33. The number of hydrogen-bond acceptors (Lipinski definition) is 4. The smallest absolute Gasteiger partial charge is 0.255 e. The lowest BCUT2D eigenvalue weighted by Gasteiger charge is -2.37. The van der Waals surface area contributed by atoms with Crippen molar-refractivity contribution in [2.75, 3.05) is 51.6 Å². The molecule has 33 heavy (non-hydrogen) atoms. The molecule has 0 spiro atoms. The number of amides is 3. The van der Waals surface area contributed by atoms with E-state index in [4.69, 9.17) is 0 Å². The van der Waals surface area contributed by atoms with Crippen molar-refractivity contribution < 1.29 is 14.4 Å². The Morgan fingerprint density at radius 1 is 0.788 bits per heavy atom. The fourth-order valence-corrected chi connectivity index (χ4v) is 4.89. The van der Waals surface area contributed by atoms with Gasteiger partial charge in [-0.05, 0) is 55.6 Å². The van der Waals surface area contributed by atoms with Crippen LogP contribution in [0.2, 0.25) is 0 Å². The SMILES string of the molecule is CN1CCN(C(=O)C2CCN(C(=O)c3cc4ccccc4cc3NC(=O)C3CC3)CC2)CC1. The molecule has 3 aliphatic rings. The van der Waals surface area contributed by atoms with E-state index in [1.165, 1.54) is 0 Å². The Kier molecular flexibility index (Phi) is 6.06. The van der Waals surface area contributed by atoms with Gasteiger partial charge in [0, 0.05) is 51.1 Å². The number of rotatable bonds is 4. The molecule has 0 aromatic heterocycles. The van der Waals surface area contributed by atoms with Crippen LogP contribution in [0.3, 0.4) is 0 Å². The van der Waals surface area contributed by atoms with Crippen LogP contribution in [0.15, 0.2) is 36.4 Å². The number of nitrogens with zero attached hydrogens (tertiary/aromatic N) is 3. The molecule has 2 aromatic rings. The number of fused-ring (bicyclic) bond motifs is 1. The van der Waals surface area contributed by atoms with Crippen LogP contribution in [0.4, 0.5) is 5.69 Å². The zero-order valence-electron chi connectivity index (χ0n) is 19.3. The van der Waals surface area contributed by atoms with Gasteiger partial charge in [0.05, 0.1) is 11.3 Å². The molecule has 3 amide bonds. The monoisotopic (exact) mass is 448 g/mol. The topological polar surface area (TPSA) is 73.0 Å². The van der Waals surface area contributed by atoms with E-state index in [2.05, 4.69) is 17.3 Å². The summed E-state index contributed by atoms with van der Waals surface area (Å²) in [6.45, 7) is 4.53. The molecule has 2 aromatic carbocycles. The normalized spacial score (nSPS) is 20.2. The molecule has 3 fully saturated rings. The van der Waals surface area contributed by atoms with Crippen LogP contribution in [0.25, 0.3) is 10.8 Å². The molecule has 0 unspecified atom stereocenters. The quantitative estimate of drug-likeness (QED) is 0.781. The second kappa shape index (κ2) is 9.14. The number of likely N-dealkylation sites (tertiary alicyclic amines) is 1. The van der Waals surface area contributed by atoms with Crippen LogP contribution in [0, 0.1) is 11.8 Å². The van der Waals surface area contributed by atoms with Crippen molar-refractivity contribution in [3.8, 4) is 0 Å². The lowest BCUT2D eigenvalue weighted by molar-refractivity contribution is -0.138. The van der Waals surface area contributed by atoms with Crippen molar-refractivity contribution in [2.24, 2.45) is 11.8 Å². The highest BCUT2D eigenvalue weighted by atomic mass is 16.2. The summed E-state index contributed by atoms with van der Waals surface area (Å²) in [7, 11) is 2.08. The van der Waals surface area contributed by atoms with Crippen molar-refractivity contribution in [3.63, 3.8) is 0 Å². The molecule has 0 atom stereocenters. The maximum Gasteiger partial charge on any atom is 0.255 e. The summed E-state index contributed by atoms with van der Waals surface area (Å²) in [4.78, 5) is 45.0. The fourth-order valence-electron chi connectivity index (χ4n) is 4.89. The van der Waals surface area contributed by atoms with Crippen molar-refractivity contribution >= 4 is 34.2 Å². The van der Waals surface area contributed by atoms with E-state index in [-0.39, 0.29) is 29.6 Å². The van der Waals surface area contributed by atoms with Gasteiger partial charge in [-0.2, -0.15) is 0 Å². The molecule has 1 N–H and O–H groups in total. The number of nitrogens with one attached hydrogen (secondary N) is 1. The van der Waals surface area contributed by atoms with Crippen molar-refractivity contribution in [1.82, 2.24) is 14.7 Å². The Bertz CT molecular complexity index is 1060. The summed E-state index contributed by atoms with van der Waals surface area (Å²) in [6, 6.07) is 11.7. The number of anilines is 1. The Morgan fingerprint density at radius 3 is 2.06 bits per heavy atom. The molecule has 1 aliphatic carbocycles. The summed E-state index contributed by atoms with van der Waals surface area (Å²) in [6.07, 6.45) is 3.21. The van der Waals surface area contributed by atoms with E-state index in [1.807, 2.05) is 46.2 Å². The zero-order valence-corrected chi connectivity index (χ0v) is 19.3. The van der Waals surface area contributed by atoms with E-state index < -0.39 is 0 Å². The Hall–Kier alpha value is -2.93. The second-order valence-electron chi connectivity index (χ2n) is 9.70. The first-order chi connectivity index (χ1) is 16.0. The molecule has 5 rings (SSSR count). The summed E-state index contributed by atoms with van der Waals surface area (Å²) >= 11 is 0. The number of carbonyl (C=O) groups excluding carboxylic acids is 3. The Labute approximate surface area is 194 Å². The average molecular weight is 449 g/mol. The van der Waals surface area contributed by atoms with Crippen molar-refractivity contribution in [2.45, 2.75) is 25.7 Å². The highest BCUT2D eigenvalue weighted by Gasteiger charge is 2.33. The van der Waals surface area contributed by atoms with Crippen molar-refractivity contribution in [1.29, 1.82) is 0 Å². The number of likely N-dealkylation sites (N-methyl/N-ethyl adjacent to an activating group) is 1. The number of piperazine rings is 1. The van der Waals surface area contributed by atoms with Gasteiger partial charge >= 0.3 is 0 Å². The number of hydrogen-bond donors (Lipinski definition) is 1. The second-order valence-corrected chi connectivity index (χ2v) is 9.70. The standard InChI is InChI=1S/C26H32N4O3/c1-28-12-14-30(15-13-28)25(32)19-8-10-29(11-9-19)26(33)22-16-20-4-2-3-5-21(20)17-23(22)27-24(31)18-6-7-18/h2-5,16-19H,6-15H2,1H3,(H,27,31). The van der Waals surface area contributed by atoms with Gasteiger partial charge in [0.1, 0.15) is 0 Å². The van der Waals surface area contributed by atoms with Gasteiger partial charge in [-0.3, -0.25) is 14.4 Å². The maximum absolute atomic E-state index is 13.5. The van der Waals surface area contributed by atoms with Crippen LogP contribution in [-0.4, -0.2) is 78.7 Å². The van der Waals surface area contributed by atoms with Crippen LogP contribution >= 0.6 is 0 Å². The molecule has 2 aliphatic heterocycles. The Balaban J connectivity index is 1.29. The third-order valence-corrected chi connectivity index (χ3v) is 7.27. The van der Waals surface area contributed by atoms with Crippen LogP contribution < -0.4 is 5.32 Å².